The van der Waals surface area contributed by atoms with Crippen molar-refractivity contribution < 1.29 is 14.3 Å². The van der Waals surface area contributed by atoms with Gasteiger partial charge in [-0.25, -0.2) is 0 Å². The van der Waals surface area contributed by atoms with Crippen molar-refractivity contribution in [3.63, 3.8) is 0 Å². The number of carbonyl (C=O) groups excluding carboxylic acids is 1. The number of aromatic nitrogens is 3. The second-order valence-corrected chi connectivity index (χ2v) is 6.01. The van der Waals surface area contributed by atoms with E-state index < -0.39 is 0 Å². The van der Waals surface area contributed by atoms with Crippen LogP contribution in [-0.2, 0) is 16.6 Å². The lowest BCUT2D eigenvalue weighted by Gasteiger charge is -2.32. The number of ether oxygens (including phenoxy) is 2. The second kappa shape index (κ2) is 7.00. The summed E-state index contributed by atoms with van der Waals surface area (Å²) in [5, 5.41) is 7.94. The van der Waals surface area contributed by atoms with Crippen molar-refractivity contribution in [3.05, 3.63) is 41.5 Å². The molecule has 1 aliphatic heterocycles. The Morgan fingerprint density at radius 3 is 2.79 bits per heavy atom. The summed E-state index contributed by atoms with van der Waals surface area (Å²) in [7, 11) is 1.86. The zero-order chi connectivity index (χ0) is 17.1. The predicted molar refractivity (Wildman–Crippen MR) is 87.7 cm³/mol. The van der Waals surface area contributed by atoms with Crippen molar-refractivity contribution in [3.8, 4) is 5.75 Å². The van der Waals surface area contributed by atoms with Crippen LogP contribution in [-0.4, -0.2) is 51.9 Å². The third-order valence-electron chi connectivity index (χ3n) is 4.20. The van der Waals surface area contributed by atoms with Crippen LogP contribution in [0.15, 0.2) is 24.5 Å². The molecule has 1 saturated heterocycles. The Bertz CT molecular complexity index is 708. The first kappa shape index (κ1) is 16.4. The van der Waals surface area contributed by atoms with Crippen LogP contribution in [0.25, 0.3) is 0 Å². The quantitative estimate of drug-likeness (QED) is 0.848. The van der Waals surface area contributed by atoms with Gasteiger partial charge in [-0.1, -0.05) is 18.2 Å². The summed E-state index contributed by atoms with van der Waals surface area (Å²) < 4.78 is 13.3. The van der Waals surface area contributed by atoms with Crippen LogP contribution in [0.2, 0.25) is 0 Å². The highest BCUT2D eigenvalue weighted by atomic mass is 16.5. The summed E-state index contributed by atoms with van der Waals surface area (Å²) in [4.78, 5) is 14.3. The summed E-state index contributed by atoms with van der Waals surface area (Å²) in [6.07, 6.45) is 1.37. The Labute approximate surface area is 141 Å². The van der Waals surface area contributed by atoms with E-state index in [4.69, 9.17) is 9.47 Å². The standard InChI is InChI=1S/C17H22N4O3/c1-12-5-4-6-13(2)16(12)24-10-15(22)21-7-8-23-14(9-21)17-19-18-11-20(17)3/h4-6,11,14H,7-10H2,1-3H3/t14-/m1/s1. The van der Waals surface area contributed by atoms with E-state index >= 15 is 0 Å². The monoisotopic (exact) mass is 330 g/mol. The maximum absolute atomic E-state index is 12.5. The maximum atomic E-state index is 12.5. The number of carbonyl (C=O) groups is 1. The SMILES string of the molecule is Cc1cccc(C)c1OCC(=O)N1CCO[C@@H](c2nncn2C)C1. The fourth-order valence-electron chi connectivity index (χ4n) is 2.87. The molecule has 0 N–H and O–H groups in total. The zero-order valence-electron chi connectivity index (χ0n) is 14.2. The normalized spacial score (nSPS) is 17.8. The number of rotatable bonds is 4. The van der Waals surface area contributed by atoms with Crippen molar-refractivity contribution in [2.24, 2.45) is 7.05 Å². The second-order valence-electron chi connectivity index (χ2n) is 6.01. The van der Waals surface area contributed by atoms with Gasteiger partial charge < -0.3 is 18.9 Å². The highest BCUT2D eigenvalue weighted by Crippen LogP contribution is 2.23. The predicted octanol–water partition coefficient (Wildman–Crippen LogP) is 1.41. The third kappa shape index (κ3) is 3.41. The molecule has 128 valence electrons. The number of morpholine rings is 1. The summed E-state index contributed by atoms with van der Waals surface area (Å²) in [5.41, 5.74) is 2.06. The number of nitrogens with zero attached hydrogens (tertiary/aromatic N) is 4. The number of hydrogen-bond donors (Lipinski definition) is 0. The zero-order valence-corrected chi connectivity index (χ0v) is 14.2. The average molecular weight is 330 g/mol. The minimum absolute atomic E-state index is 0.0250. The number of benzene rings is 1. The van der Waals surface area contributed by atoms with Gasteiger partial charge in [0, 0.05) is 13.6 Å². The molecule has 7 heteroatoms. The minimum Gasteiger partial charge on any atom is -0.483 e. The topological polar surface area (TPSA) is 69.5 Å². The number of hydrogen-bond acceptors (Lipinski definition) is 5. The van der Waals surface area contributed by atoms with Crippen LogP contribution >= 0.6 is 0 Å². The molecule has 0 bridgehead atoms. The van der Waals surface area contributed by atoms with Gasteiger partial charge in [-0.2, -0.15) is 0 Å². The molecule has 0 unspecified atom stereocenters. The van der Waals surface area contributed by atoms with E-state index in [0.29, 0.717) is 19.7 Å². The third-order valence-corrected chi connectivity index (χ3v) is 4.20. The molecule has 1 amide bonds. The number of amides is 1. The molecule has 1 atom stereocenters. The van der Waals surface area contributed by atoms with E-state index in [2.05, 4.69) is 10.2 Å². The van der Waals surface area contributed by atoms with Gasteiger partial charge in [-0.3, -0.25) is 4.79 Å². The van der Waals surface area contributed by atoms with E-state index in [9.17, 15) is 4.79 Å². The molecular formula is C17H22N4O3. The highest BCUT2D eigenvalue weighted by Gasteiger charge is 2.28. The molecule has 1 aromatic heterocycles. The van der Waals surface area contributed by atoms with Gasteiger partial charge in [0.25, 0.3) is 5.91 Å². The summed E-state index contributed by atoms with van der Waals surface area (Å²) >= 11 is 0. The van der Waals surface area contributed by atoms with Crippen molar-refractivity contribution in [1.29, 1.82) is 0 Å². The first-order chi connectivity index (χ1) is 11.6. The lowest BCUT2D eigenvalue weighted by molar-refractivity contribution is -0.141. The molecule has 2 heterocycles. The number of para-hydroxylation sites is 1. The highest BCUT2D eigenvalue weighted by molar-refractivity contribution is 5.78. The van der Waals surface area contributed by atoms with Crippen molar-refractivity contribution >= 4 is 5.91 Å². The lowest BCUT2D eigenvalue weighted by atomic mass is 10.1. The molecule has 1 aliphatic rings. The Morgan fingerprint density at radius 1 is 1.38 bits per heavy atom. The average Bonchev–Trinajstić information content (AvgIpc) is 3.00. The van der Waals surface area contributed by atoms with Crippen LogP contribution in [0, 0.1) is 13.8 Å². The fourth-order valence-corrected chi connectivity index (χ4v) is 2.87. The van der Waals surface area contributed by atoms with Crippen molar-refractivity contribution in [2.75, 3.05) is 26.3 Å². The van der Waals surface area contributed by atoms with Crippen LogP contribution in [0.1, 0.15) is 23.1 Å². The summed E-state index contributed by atoms with van der Waals surface area (Å²) in [6.45, 7) is 5.48. The maximum Gasteiger partial charge on any atom is 0.260 e. The fraction of sp³-hybridized carbons (Fsp3) is 0.471. The van der Waals surface area contributed by atoms with Gasteiger partial charge in [0.2, 0.25) is 0 Å². The van der Waals surface area contributed by atoms with E-state index in [1.54, 1.807) is 11.2 Å². The molecule has 0 spiro atoms. The first-order valence-electron chi connectivity index (χ1n) is 7.98. The molecule has 0 saturated carbocycles. The number of aryl methyl sites for hydroxylation is 3. The van der Waals surface area contributed by atoms with Crippen molar-refractivity contribution in [1.82, 2.24) is 19.7 Å². The molecule has 0 aliphatic carbocycles. The molecule has 1 aromatic carbocycles. The molecule has 3 rings (SSSR count). The smallest absolute Gasteiger partial charge is 0.260 e. The summed E-state index contributed by atoms with van der Waals surface area (Å²) in [5.74, 6) is 1.46. The van der Waals surface area contributed by atoms with Crippen LogP contribution in [0.5, 0.6) is 5.75 Å². The van der Waals surface area contributed by atoms with Gasteiger partial charge >= 0.3 is 0 Å². The van der Waals surface area contributed by atoms with E-state index in [0.717, 1.165) is 22.7 Å². The molecular weight excluding hydrogens is 308 g/mol. The Balaban J connectivity index is 1.62. The largest absolute Gasteiger partial charge is 0.483 e. The Hall–Kier alpha value is -2.41. The van der Waals surface area contributed by atoms with Gasteiger partial charge in [-0.15, -0.1) is 10.2 Å². The Morgan fingerprint density at radius 2 is 2.12 bits per heavy atom. The molecule has 0 radical (unpaired) electrons. The lowest BCUT2D eigenvalue weighted by Crippen LogP contribution is -2.44. The molecule has 24 heavy (non-hydrogen) atoms. The first-order valence-corrected chi connectivity index (χ1v) is 7.98. The van der Waals surface area contributed by atoms with Gasteiger partial charge in [0.05, 0.1) is 13.2 Å². The van der Waals surface area contributed by atoms with Gasteiger partial charge in [0.15, 0.2) is 12.4 Å². The van der Waals surface area contributed by atoms with E-state index in [-0.39, 0.29) is 18.6 Å². The van der Waals surface area contributed by atoms with Crippen LogP contribution < -0.4 is 4.74 Å². The van der Waals surface area contributed by atoms with Crippen LogP contribution in [0.3, 0.4) is 0 Å². The van der Waals surface area contributed by atoms with E-state index in [1.807, 2.05) is 43.7 Å². The molecule has 2 aromatic rings. The van der Waals surface area contributed by atoms with Crippen molar-refractivity contribution in [2.45, 2.75) is 20.0 Å². The Kier molecular flexibility index (Phi) is 4.80. The minimum atomic E-state index is -0.254. The van der Waals surface area contributed by atoms with Gasteiger partial charge in [-0.05, 0) is 25.0 Å². The summed E-state index contributed by atoms with van der Waals surface area (Å²) in [6, 6.07) is 5.93. The van der Waals surface area contributed by atoms with Gasteiger partial charge in [0.1, 0.15) is 18.2 Å². The van der Waals surface area contributed by atoms with Crippen LogP contribution in [0.4, 0.5) is 0 Å². The molecule has 1 fully saturated rings. The van der Waals surface area contributed by atoms with E-state index in [1.165, 1.54) is 0 Å². The molecule has 7 nitrogen and oxygen atoms in total.